The molecule has 0 spiro atoms. The second-order valence-corrected chi connectivity index (χ2v) is 6.95. The molecule has 0 amide bonds. The molecular formula is C17H22ClN7O. The van der Waals surface area contributed by atoms with Gasteiger partial charge >= 0.3 is 0 Å². The Labute approximate surface area is 157 Å². The van der Waals surface area contributed by atoms with E-state index in [0.29, 0.717) is 17.5 Å². The normalized spacial score (nSPS) is 16.8. The summed E-state index contributed by atoms with van der Waals surface area (Å²) in [4.78, 5) is 6.10. The molecule has 1 atom stereocenters. The average Bonchev–Trinajstić information content (AvgIpc) is 3.24. The van der Waals surface area contributed by atoms with Gasteiger partial charge in [-0.3, -0.25) is 0 Å². The van der Waals surface area contributed by atoms with Crippen molar-refractivity contribution in [1.29, 1.82) is 0 Å². The van der Waals surface area contributed by atoms with E-state index in [9.17, 15) is 0 Å². The lowest BCUT2D eigenvalue weighted by atomic mass is 9.77. The van der Waals surface area contributed by atoms with Gasteiger partial charge in [0.2, 0.25) is 5.82 Å². The average molecular weight is 376 g/mol. The lowest BCUT2D eigenvalue weighted by Crippen LogP contribution is -2.44. The molecule has 0 radical (unpaired) electrons. The summed E-state index contributed by atoms with van der Waals surface area (Å²) in [6.07, 6.45) is 2.87. The quantitative estimate of drug-likeness (QED) is 0.730. The molecule has 1 aliphatic carbocycles. The molecule has 4 rings (SSSR count). The van der Waals surface area contributed by atoms with E-state index in [0.717, 1.165) is 24.8 Å². The summed E-state index contributed by atoms with van der Waals surface area (Å²) in [5.74, 6) is 1.77. The first-order chi connectivity index (χ1) is 12.1. The minimum absolute atomic E-state index is 0. The molecule has 0 saturated heterocycles. The first-order valence-corrected chi connectivity index (χ1v) is 8.55. The summed E-state index contributed by atoms with van der Waals surface area (Å²) in [6.45, 7) is 4.11. The first-order valence-electron chi connectivity index (χ1n) is 8.55. The first kappa shape index (κ1) is 18.5. The van der Waals surface area contributed by atoms with Gasteiger partial charge in [0.05, 0.1) is 5.54 Å². The van der Waals surface area contributed by atoms with Crippen molar-refractivity contribution in [2.75, 3.05) is 0 Å². The maximum atomic E-state index is 6.30. The van der Waals surface area contributed by atoms with Crippen LogP contribution < -0.4 is 5.73 Å². The third-order valence-corrected chi connectivity index (χ3v) is 4.73. The van der Waals surface area contributed by atoms with E-state index in [1.165, 1.54) is 0 Å². The molecule has 1 unspecified atom stereocenters. The summed E-state index contributed by atoms with van der Waals surface area (Å²) in [6, 6.07) is 9.46. The molecule has 0 aliphatic heterocycles. The number of halogens is 1. The van der Waals surface area contributed by atoms with Crippen molar-refractivity contribution in [3.8, 4) is 11.4 Å². The van der Waals surface area contributed by atoms with Crippen molar-refractivity contribution in [2.24, 2.45) is 11.7 Å². The zero-order chi connectivity index (χ0) is 17.4. The molecule has 26 heavy (non-hydrogen) atoms. The van der Waals surface area contributed by atoms with Gasteiger partial charge in [-0.2, -0.15) is 9.78 Å². The van der Waals surface area contributed by atoms with Crippen molar-refractivity contribution < 1.29 is 4.52 Å². The third-order valence-electron chi connectivity index (χ3n) is 4.73. The number of tetrazole rings is 1. The molecular weight excluding hydrogens is 354 g/mol. The van der Waals surface area contributed by atoms with E-state index >= 15 is 0 Å². The Hall–Kier alpha value is -2.32. The second kappa shape index (κ2) is 7.13. The van der Waals surface area contributed by atoms with Crippen LogP contribution in [0.3, 0.4) is 0 Å². The summed E-state index contributed by atoms with van der Waals surface area (Å²) >= 11 is 0. The van der Waals surface area contributed by atoms with Gasteiger partial charge in [-0.25, -0.2) is 0 Å². The fourth-order valence-corrected chi connectivity index (χ4v) is 3.04. The highest BCUT2D eigenvalue weighted by Crippen LogP contribution is 2.37. The second-order valence-electron chi connectivity index (χ2n) is 6.95. The van der Waals surface area contributed by atoms with Crippen LogP contribution in [0.15, 0.2) is 34.9 Å². The molecule has 138 valence electrons. The number of rotatable bonds is 5. The van der Waals surface area contributed by atoms with Crippen LogP contribution in [0, 0.1) is 5.92 Å². The van der Waals surface area contributed by atoms with E-state index in [1.54, 1.807) is 4.80 Å². The monoisotopic (exact) mass is 375 g/mol. The number of benzene rings is 1. The van der Waals surface area contributed by atoms with Crippen molar-refractivity contribution >= 4 is 12.4 Å². The van der Waals surface area contributed by atoms with Crippen LogP contribution in [0.2, 0.25) is 0 Å². The Balaban J connectivity index is 0.00000196. The standard InChI is InChI=1S/C17H21N7O.ClH/c1-11(2)13(15-19-16(22-25-15)17(18)9-6-10-17)24-21-14(20-23-24)12-7-4-3-5-8-12;/h3-5,7-8,11,13H,6,9-10,18H2,1-2H3;1H. The predicted molar refractivity (Wildman–Crippen MR) is 97.5 cm³/mol. The summed E-state index contributed by atoms with van der Waals surface area (Å²) in [5, 5.41) is 17.0. The molecule has 3 aromatic rings. The van der Waals surface area contributed by atoms with Crippen molar-refractivity contribution in [1.82, 2.24) is 30.3 Å². The lowest BCUT2D eigenvalue weighted by Gasteiger charge is -2.34. The van der Waals surface area contributed by atoms with Gasteiger partial charge in [0.1, 0.15) is 0 Å². The van der Waals surface area contributed by atoms with Crippen LogP contribution in [-0.2, 0) is 5.54 Å². The number of aromatic nitrogens is 6. The summed E-state index contributed by atoms with van der Waals surface area (Å²) < 4.78 is 5.51. The number of nitrogens with two attached hydrogens (primary N) is 1. The molecule has 1 saturated carbocycles. The van der Waals surface area contributed by atoms with Crippen molar-refractivity contribution in [2.45, 2.75) is 44.7 Å². The molecule has 0 bridgehead atoms. The maximum Gasteiger partial charge on any atom is 0.253 e. The van der Waals surface area contributed by atoms with Gasteiger partial charge in [-0.15, -0.1) is 22.6 Å². The smallest absolute Gasteiger partial charge is 0.253 e. The maximum absolute atomic E-state index is 6.30. The van der Waals surface area contributed by atoms with E-state index in [-0.39, 0.29) is 24.4 Å². The Kier molecular flexibility index (Phi) is 5.06. The van der Waals surface area contributed by atoms with Crippen LogP contribution in [0.5, 0.6) is 0 Å². The fraction of sp³-hybridized carbons (Fsp3) is 0.471. The SMILES string of the molecule is CC(C)C(c1nc(C2(N)CCC2)no1)n1nnc(-c2ccccc2)n1.Cl. The van der Waals surface area contributed by atoms with Crippen LogP contribution in [0.25, 0.3) is 11.4 Å². The molecule has 2 N–H and O–H groups in total. The Morgan fingerprint density at radius 1 is 1.19 bits per heavy atom. The van der Waals surface area contributed by atoms with Crippen molar-refractivity contribution in [3.05, 3.63) is 42.0 Å². The lowest BCUT2D eigenvalue weighted by molar-refractivity contribution is 0.225. The summed E-state index contributed by atoms with van der Waals surface area (Å²) in [5.41, 5.74) is 6.76. The van der Waals surface area contributed by atoms with Gasteiger partial charge in [0.25, 0.3) is 5.89 Å². The predicted octanol–water partition coefficient (Wildman–Crippen LogP) is 2.73. The molecule has 2 heterocycles. The highest BCUT2D eigenvalue weighted by molar-refractivity contribution is 5.85. The Bertz CT molecular complexity index is 857. The van der Waals surface area contributed by atoms with Gasteiger partial charge in [-0.05, 0) is 30.4 Å². The van der Waals surface area contributed by atoms with Crippen LogP contribution >= 0.6 is 12.4 Å². The molecule has 8 nitrogen and oxygen atoms in total. The number of hydrogen-bond acceptors (Lipinski definition) is 7. The molecule has 1 aromatic carbocycles. The van der Waals surface area contributed by atoms with Gasteiger partial charge in [-0.1, -0.05) is 49.3 Å². The van der Waals surface area contributed by atoms with Gasteiger partial charge in [0, 0.05) is 5.56 Å². The Morgan fingerprint density at radius 3 is 2.54 bits per heavy atom. The fourth-order valence-electron chi connectivity index (χ4n) is 3.04. The number of nitrogens with zero attached hydrogens (tertiary/aromatic N) is 6. The van der Waals surface area contributed by atoms with E-state index < -0.39 is 5.54 Å². The van der Waals surface area contributed by atoms with Gasteiger partial charge < -0.3 is 10.3 Å². The van der Waals surface area contributed by atoms with E-state index in [4.69, 9.17) is 10.3 Å². The minimum Gasteiger partial charge on any atom is -0.337 e. The van der Waals surface area contributed by atoms with Crippen molar-refractivity contribution in [3.63, 3.8) is 0 Å². The minimum atomic E-state index is -0.450. The topological polar surface area (TPSA) is 109 Å². The third kappa shape index (κ3) is 3.22. The molecule has 1 aliphatic rings. The number of hydrogen-bond donors (Lipinski definition) is 1. The molecule has 2 aromatic heterocycles. The highest BCUT2D eigenvalue weighted by atomic mass is 35.5. The van der Waals surface area contributed by atoms with Crippen LogP contribution in [0.1, 0.15) is 50.9 Å². The molecule has 1 fully saturated rings. The zero-order valence-corrected chi connectivity index (χ0v) is 15.6. The summed E-state index contributed by atoms with van der Waals surface area (Å²) in [7, 11) is 0. The van der Waals surface area contributed by atoms with Crippen LogP contribution in [0.4, 0.5) is 0 Å². The zero-order valence-electron chi connectivity index (χ0n) is 14.7. The van der Waals surface area contributed by atoms with E-state index in [2.05, 4.69) is 39.4 Å². The largest absolute Gasteiger partial charge is 0.337 e. The van der Waals surface area contributed by atoms with E-state index in [1.807, 2.05) is 30.3 Å². The Morgan fingerprint density at radius 2 is 1.92 bits per heavy atom. The van der Waals surface area contributed by atoms with Gasteiger partial charge in [0.15, 0.2) is 11.9 Å². The highest BCUT2D eigenvalue weighted by Gasteiger charge is 2.40. The van der Waals surface area contributed by atoms with Crippen LogP contribution in [-0.4, -0.2) is 30.3 Å². The molecule has 9 heteroatoms.